The molecule has 0 atom stereocenters. The van der Waals surface area contributed by atoms with Crippen LogP contribution in [0.5, 0.6) is 5.75 Å². The number of furan rings is 1. The van der Waals surface area contributed by atoms with Crippen LogP contribution >= 0.6 is 0 Å². The minimum absolute atomic E-state index is 0.818. The number of nitrogens with zero attached hydrogens (tertiary/aromatic N) is 2. The van der Waals surface area contributed by atoms with E-state index in [2.05, 4.69) is 222 Å². The Morgan fingerprint density at radius 3 is 1.68 bits per heavy atom. The molecule has 13 rings (SSSR count). The molecule has 65 heavy (non-hydrogen) atoms. The van der Waals surface area contributed by atoms with Crippen molar-refractivity contribution in [1.29, 1.82) is 0 Å². The summed E-state index contributed by atoms with van der Waals surface area (Å²) in [4.78, 5) is 2.32. The van der Waals surface area contributed by atoms with Gasteiger partial charge in [0.25, 0.3) is 0 Å². The second-order valence-electron chi connectivity index (χ2n) is 16.8. The maximum Gasteiger partial charge on any atom is 0.143 e. The number of hydrogen-bond donors (Lipinski definition) is 0. The van der Waals surface area contributed by atoms with E-state index in [4.69, 9.17) is 9.15 Å². The van der Waals surface area contributed by atoms with E-state index in [0.717, 1.165) is 72.6 Å². The third-order valence-electron chi connectivity index (χ3n) is 13.2. The highest BCUT2D eigenvalue weighted by molar-refractivity contribution is 6.31. The van der Waals surface area contributed by atoms with Gasteiger partial charge in [-0.05, 0) is 134 Å². The van der Waals surface area contributed by atoms with Crippen LogP contribution in [0.25, 0.3) is 104 Å². The van der Waals surface area contributed by atoms with Gasteiger partial charge in [0, 0.05) is 44.5 Å². The zero-order valence-electron chi connectivity index (χ0n) is 35.6. The fourth-order valence-electron chi connectivity index (χ4n) is 10.3. The Kier molecular flexibility index (Phi) is 8.40. The first-order chi connectivity index (χ1) is 32.2. The van der Waals surface area contributed by atoms with Gasteiger partial charge in [-0.3, -0.25) is 0 Å². The summed E-state index contributed by atoms with van der Waals surface area (Å²) in [7, 11) is 1.72. The van der Waals surface area contributed by atoms with Gasteiger partial charge in [-0.1, -0.05) is 140 Å². The number of aromatic nitrogens is 1. The van der Waals surface area contributed by atoms with E-state index < -0.39 is 0 Å². The van der Waals surface area contributed by atoms with Gasteiger partial charge in [-0.25, -0.2) is 0 Å². The van der Waals surface area contributed by atoms with E-state index in [1.54, 1.807) is 7.11 Å². The van der Waals surface area contributed by atoms with E-state index in [9.17, 15) is 0 Å². The van der Waals surface area contributed by atoms with Crippen molar-refractivity contribution in [3.8, 4) is 33.7 Å². The molecule has 11 aromatic carbocycles. The molecule has 2 aromatic heterocycles. The van der Waals surface area contributed by atoms with E-state index in [-0.39, 0.29) is 0 Å². The lowest BCUT2D eigenvalue weighted by Crippen LogP contribution is -2.09. The lowest BCUT2D eigenvalue weighted by Gasteiger charge is -2.26. The number of rotatable bonds is 7. The van der Waals surface area contributed by atoms with Crippen LogP contribution in [0.3, 0.4) is 0 Å². The number of para-hydroxylation sites is 2. The average Bonchev–Trinajstić information content (AvgIpc) is 3.92. The molecule has 0 aliphatic rings. The lowest BCUT2D eigenvalue weighted by molar-refractivity contribution is 0.415. The molecule has 0 bridgehead atoms. The van der Waals surface area contributed by atoms with Crippen molar-refractivity contribution in [3.05, 3.63) is 224 Å². The molecule has 0 radical (unpaired) electrons. The van der Waals surface area contributed by atoms with Crippen molar-refractivity contribution >= 4 is 93.1 Å². The topological polar surface area (TPSA) is 30.5 Å². The molecule has 0 unspecified atom stereocenters. The first-order valence-corrected chi connectivity index (χ1v) is 22.1. The van der Waals surface area contributed by atoms with Crippen molar-refractivity contribution in [2.24, 2.45) is 0 Å². The third kappa shape index (κ3) is 5.85. The van der Waals surface area contributed by atoms with Crippen LogP contribution < -0.4 is 9.64 Å². The molecule has 13 aromatic rings. The fraction of sp³-hybridized carbons (Fsp3) is 0.0164. The maximum absolute atomic E-state index is 7.04. The van der Waals surface area contributed by atoms with Crippen molar-refractivity contribution in [2.75, 3.05) is 12.0 Å². The van der Waals surface area contributed by atoms with E-state index in [1.165, 1.54) is 54.2 Å². The number of methoxy groups -OCH3 is 1. The summed E-state index contributed by atoms with van der Waals surface area (Å²) in [6, 6.07) is 80.6. The highest BCUT2D eigenvalue weighted by Crippen LogP contribution is 2.46. The molecule has 0 fully saturated rings. The van der Waals surface area contributed by atoms with Gasteiger partial charge >= 0.3 is 0 Å². The fourth-order valence-corrected chi connectivity index (χ4v) is 10.3. The highest BCUT2D eigenvalue weighted by atomic mass is 16.5. The monoisotopic (exact) mass is 832 g/mol. The van der Waals surface area contributed by atoms with Crippen molar-refractivity contribution in [2.45, 2.75) is 0 Å². The first-order valence-electron chi connectivity index (χ1n) is 22.1. The molecule has 0 aliphatic heterocycles. The summed E-state index contributed by atoms with van der Waals surface area (Å²) in [6.07, 6.45) is 0. The third-order valence-corrected chi connectivity index (χ3v) is 13.2. The van der Waals surface area contributed by atoms with Gasteiger partial charge in [-0.15, -0.1) is 0 Å². The van der Waals surface area contributed by atoms with Gasteiger partial charge < -0.3 is 18.6 Å². The summed E-state index contributed by atoms with van der Waals surface area (Å²) in [6.45, 7) is 0. The second-order valence-corrected chi connectivity index (χ2v) is 16.8. The predicted molar refractivity (Wildman–Crippen MR) is 273 cm³/mol. The van der Waals surface area contributed by atoms with Gasteiger partial charge in [-0.2, -0.15) is 0 Å². The molecular formula is C61H40N2O2. The smallest absolute Gasteiger partial charge is 0.143 e. The molecule has 0 saturated carbocycles. The largest absolute Gasteiger partial charge is 0.497 e. The summed E-state index contributed by atoms with van der Waals surface area (Å²) in [5.74, 6) is 0.818. The molecule has 2 heterocycles. The molecule has 0 aliphatic carbocycles. The Morgan fingerprint density at radius 1 is 0.400 bits per heavy atom. The molecule has 4 nitrogen and oxygen atoms in total. The van der Waals surface area contributed by atoms with Crippen molar-refractivity contribution in [3.63, 3.8) is 0 Å². The molecule has 0 saturated heterocycles. The van der Waals surface area contributed by atoms with Crippen LogP contribution in [0.4, 0.5) is 17.1 Å². The van der Waals surface area contributed by atoms with Crippen LogP contribution in [0.1, 0.15) is 0 Å². The predicted octanol–water partition coefficient (Wildman–Crippen LogP) is 17.0. The SMILES string of the molecule is COc1ccc(-n2c3cc4c5ccccc5c5ccccc5c4cc3c3ccc4oc5c(-c6cccc(N(c7ccccc7)c7ccc(-c8ccccc8)cc7)c6)cccc5c4c32)cc1. The van der Waals surface area contributed by atoms with E-state index in [1.807, 2.05) is 12.1 Å². The number of benzene rings is 11. The Balaban J connectivity index is 1.04. The highest BCUT2D eigenvalue weighted by Gasteiger charge is 2.23. The van der Waals surface area contributed by atoms with Crippen molar-refractivity contribution in [1.82, 2.24) is 4.57 Å². The molecule has 0 spiro atoms. The summed E-state index contributed by atoms with van der Waals surface area (Å²) < 4.78 is 15.1. The number of ether oxygens (including phenoxy) is 1. The quantitative estimate of drug-likeness (QED) is 0.150. The Labute approximate surface area is 375 Å². The minimum Gasteiger partial charge on any atom is -0.497 e. The van der Waals surface area contributed by atoms with Gasteiger partial charge in [0.2, 0.25) is 0 Å². The molecule has 4 heteroatoms. The second kappa shape index (κ2) is 14.8. The minimum atomic E-state index is 0.818. The summed E-state index contributed by atoms with van der Waals surface area (Å²) in [5, 5.41) is 12.0. The van der Waals surface area contributed by atoms with E-state index in [0.29, 0.717) is 0 Å². The van der Waals surface area contributed by atoms with Gasteiger partial charge in [0.05, 0.1) is 23.5 Å². The standard InChI is InChI=1S/C61H40N2O2/c1-64-46-32-30-44(31-33-46)63-57-38-55-51-23-11-9-21-49(51)48-20-8-10-22-50(48)54(55)37-56(57)52-34-35-58-59(60(52)63)53-25-13-24-47(61(53)65-58)41-16-12-19-45(36-41)62(42-17-6-3-7-18-42)43-28-26-40(27-29-43)39-14-4-2-5-15-39/h2-38H,1H3. The normalized spacial score (nSPS) is 11.8. The number of fused-ring (bicyclic) bond motifs is 13. The van der Waals surface area contributed by atoms with Crippen LogP contribution in [0, 0.1) is 0 Å². The average molecular weight is 833 g/mol. The van der Waals surface area contributed by atoms with Crippen molar-refractivity contribution < 1.29 is 9.15 Å². The zero-order valence-corrected chi connectivity index (χ0v) is 35.6. The lowest BCUT2D eigenvalue weighted by atomic mass is 9.93. The van der Waals surface area contributed by atoms with Crippen LogP contribution in [0.2, 0.25) is 0 Å². The molecule has 306 valence electrons. The van der Waals surface area contributed by atoms with Gasteiger partial charge in [0.1, 0.15) is 16.9 Å². The van der Waals surface area contributed by atoms with Crippen LogP contribution in [-0.4, -0.2) is 11.7 Å². The summed E-state index contributed by atoms with van der Waals surface area (Å²) >= 11 is 0. The van der Waals surface area contributed by atoms with Crippen LogP contribution in [0.15, 0.2) is 229 Å². The Bertz CT molecular complexity index is 3960. The molecule has 0 N–H and O–H groups in total. The first kappa shape index (κ1) is 37.0. The summed E-state index contributed by atoms with van der Waals surface area (Å²) in [5.41, 5.74) is 12.7. The Hall–Kier alpha value is -8.60. The maximum atomic E-state index is 7.04. The number of anilines is 3. The molecule has 0 amide bonds. The Morgan fingerprint density at radius 2 is 0.969 bits per heavy atom. The zero-order chi connectivity index (χ0) is 43.0. The van der Waals surface area contributed by atoms with Crippen LogP contribution in [-0.2, 0) is 0 Å². The van der Waals surface area contributed by atoms with E-state index >= 15 is 0 Å². The molecular weight excluding hydrogens is 793 g/mol. The number of hydrogen-bond acceptors (Lipinski definition) is 3. The van der Waals surface area contributed by atoms with Gasteiger partial charge in [0.15, 0.2) is 0 Å².